The first-order valence-electron chi connectivity index (χ1n) is 30.3. The molecule has 0 aliphatic rings. The van der Waals surface area contributed by atoms with Gasteiger partial charge in [0.05, 0.1) is 43.6 Å². The quantitative estimate of drug-likeness (QED) is 0.101. The summed E-state index contributed by atoms with van der Waals surface area (Å²) in [5.41, 5.74) is 10.1. The molecule has 0 bridgehead atoms. The molecular weight excluding hydrogens is 1230 g/mol. The van der Waals surface area contributed by atoms with Gasteiger partial charge in [-0.1, -0.05) is 132 Å². The van der Waals surface area contributed by atoms with Gasteiger partial charge in [-0.25, -0.2) is 58.9 Å². The number of hydrogen-bond acceptors (Lipinski definition) is 19. The first kappa shape index (κ1) is 67.3. The molecule has 0 radical (unpaired) electrons. The first-order chi connectivity index (χ1) is 46.5. The number of nitrogens with one attached hydrogen (secondary N) is 2. The summed E-state index contributed by atoms with van der Waals surface area (Å²) >= 11 is 0. The molecule has 0 spiro atoms. The first-order valence-corrected chi connectivity index (χ1v) is 30.3. The number of para-hydroxylation sites is 5. The molecule has 0 fully saturated rings. The summed E-state index contributed by atoms with van der Waals surface area (Å²) in [5, 5.41) is 30.8. The van der Waals surface area contributed by atoms with E-state index in [1.807, 2.05) is 137 Å². The number of carbonyl (C=O) groups is 3. The van der Waals surface area contributed by atoms with Crippen LogP contribution in [0, 0.1) is 55.8 Å². The molecular formula is C72H67N17O8. The van der Waals surface area contributed by atoms with Crippen LogP contribution in [0.3, 0.4) is 0 Å². The van der Waals surface area contributed by atoms with Crippen molar-refractivity contribution in [3.63, 3.8) is 0 Å². The molecule has 25 nitrogen and oxygen atoms in total. The molecule has 12 aromatic rings. The number of imide groups is 1. The summed E-state index contributed by atoms with van der Waals surface area (Å²) in [7, 11) is 6.27. The number of anilines is 2. The molecule has 0 saturated heterocycles. The number of ether oxygens (including phenoxy) is 4. The van der Waals surface area contributed by atoms with Gasteiger partial charge in [0.25, 0.3) is 0 Å². The molecule has 12 rings (SSSR count). The zero-order chi connectivity index (χ0) is 69.6. The average molecular weight is 1300 g/mol. The Bertz CT molecular complexity index is 5170. The molecule has 0 aliphatic carbocycles. The minimum atomic E-state index is -0.707. The van der Waals surface area contributed by atoms with Crippen LogP contribution in [0.2, 0.25) is 0 Å². The van der Waals surface area contributed by atoms with Crippen molar-refractivity contribution in [2.75, 3.05) is 38.2 Å². The van der Waals surface area contributed by atoms with Gasteiger partial charge >= 0.3 is 11.8 Å². The lowest BCUT2D eigenvalue weighted by Crippen LogP contribution is -2.35. The number of aryl methyl sites for hydroxylation is 5. The Hall–Kier alpha value is -12.6. The number of hydrogen-bond donors (Lipinski definition) is 2. The van der Waals surface area contributed by atoms with Crippen LogP contribution in [0.15, 0.2) is 150 Å². The van der Waals surface area contributed by atoms with Crippen LogP contribution in [0.5, 0.6) is 11.5 Å². The monoisotopic (exact) mass is 1300 g/mol. The second-order valence-corrected chi connectivity index (χ2v) is 23.3. The van der Waals surface area contributed by atoms with Gasteiger partial charge in [-0.15, -0.1) is 0 Å². The summed E-state index contributed by atoms with van der Waals surface area (Å²) in [5.74, 6) is 1.22. The second kappa shape index (κ2) is 28.3. The fourth-order valence-corrected chi connectivity index (χ4v) is 10.5. The molecule has 488 valence electrons. The number of methoxy groups -OCH3 is 3. The largest absolute Gasteiger partial charge is 0.495 e. The van der Waals surface area contributed by atoms with Gasteiger partial charge in [-0.3, -0.25) is 28.6 Å². The Labute approximate surface area is 557 Å². The maximum atomic E-state index is 13.2. The molecule has 0 aliphatic heterocycles. The number of fused-ring (bicyclic) bond motifs is 3. The van der Waals surface area contributed by atoms with E-state index in [2.05, 4.69) is 42.4 Å². The van der Waals surface area contributed by atoms with Crippen molar-refractivity contribution in [1.82, 2.24) is 58.1 Å². The highest BCUT2D eigenvalue weighted by molar-refractivity contribution is 6.13. The van der Waals surface area contributed by atoms with Crippen LogP contribution in [0.25, 0.3) is 84.7 Å². The molecule has 97 heavy (non-hydrogen) atoms. The number of nitrogens with zero attached hydrogens (tertiary/aromatic N) is 15. The van der Waals surface area contributed by atoms with Crippen LogP contribution < -0.4 is 25.4 Å². The molecule has 3 amide bonds. The maximum absolute atomic E-state index is 13.2. The average Bonchev–Trinajstić information content (AvgIpc) is 1.62. The zero-order valence-corrected chi connectivity index (χ0v) is 55.5. The summed E-state index contributed by atoms with van der Waals surface area (Å²) in [6, 6.07) is 49.3. The molecule has 0 atom stereocenters. The predicted octanol–water partition coefficient (Wildman–Crippen LogP) is 12.0. The fourth-order valence-electron chi connectivity index (χ4n) is 10.5. The number of benzene rings is 6. The summed E-state index contributed by atoms with van der Waals surface area (Å²) in [6.07, 6.45) is -0.691. The van der Waals surface area contributed by atoms with Crippen LogP contribution in [0.4, 0.5) is 16.7 Å². The molecule has 25 heteroatoms. The lowest BCUT2D eigenvalue weighted by Gasteiger charge is -2.20. The van der Waals surface area contributed by atoms with E-state index < -0.39 is 23.5 Å². The zero-order valence-electron chi connectivity index (χ0n) is 55.5. The number of imidazole rings is 3. The van der Waals surface area contributed by atoms with E-state index in [0.29, 0.717) is 68.4 Å². The van der Waals surface area contributed by atoms with Crippen molar-refractivity contribution in [2.24, 2.45) is 7.05 Å². The standard InChI is InChI=1S/C25H24N6O3.C24H20N6O3.C23H23N5O2/c1-15-10-12-16(13-11-15)21-27-17(14-26)20-22(29-21)31(18-8-6-7-9-19(18)33-5)23(28-20)30-24(32)34-25(2,3)4;1-14-9-11-17(12-10-14)22-26-18(13-25)21-23(28-22)30(19-7-5-6-8-20(19)33-4)24(27-21)29(15(2)31)16(3)32;1-14-9-11-16(12-10-14)21-25-19(17(24)13-30-4)20-22(26-21)28(23(29)27(20)3)18-8-6-5-7-15(18)2/h6-13H,1-5H3,(H,28,30,32);5-12H,1-4H3;5-12,24H,13H2,1-4H3. The van der Waals surface area contributed by atoms with Crippen LogP contribution in [-0.2, 0) is 26.1 Å². The van der Waals surface area contributed by atoms with E-state index in [0.717, 1.165) is 44.0 Å². The Morgan fingerprint density at radius 3 is 1.44 bits per heavy atom. The third-order valence-corrected chi connectivity index (χ3v) is 15.1. The number of carbonyl (C=O) groups excluding carboxylic acids is 3. The van der Waals surface area contributed by atoms with Gasteiger partial charge in [0.2, 0.25) is 23.7 Å². The Balaban J connectivity index is 0.000000158. The van der Waals surface area contributed by atoms with Crippen molar-refractivity contribution in [3.05, 3.63) is 195 Å². The van der Waals surface area contributed by atoms with E-state index >= 15 is 0 Å². The Morgan fingerprint density at radius 1 is 0.557 bits per heavy atom. The van der Waals surface area contributed by atoms with Crippen molar-refractivity contribution in [1.29, 1.82) is 15.9 Å². The van der Waals surface area contributed by atoms with Gasteiger partial charge in [0.15, 0.2) is 45.8 Å². The lowest BCUT2D eigenvalue weighted by atomic mass is 10.1. The van der Waals surface area contributed by atoms with E-state index in [1.165, 1.54) is 37.2 Å². The highest BCUT2D eigenvalue weighted by atomic mass is 16.6. The molecule has 6 heterocycles. The van der Waals surface area contributed by atoms with E-state index in [4.69, 9.17) is 39.3 Å². The van der Waals surface area contributed by atoms with Crippen molar-refractivity contribution >= 4 is 69.0 Å². The van der Waals surface area contributed by atoms with Gasteiger partial charge in [0, 0.05) is 44.7 Å². The fraction of sp³-hybridized carbons (Fsp3) is 0.208. The number of nitriles is 2. The molecule has 6 aromatic carbocycles. The number of amides is 3. The third-order valence-electron chi connectivity index (χ3n) is 15.1. The van der Waals surface area contributed by atoms with Gasteiger partial charge in [-0.2, -0.15) is 10.5 Å². The normalized spacial score (nSPS) is 11.0. The highest BCUT2D eigenvalue weighted by Gasteiger charge is 2.31. The van der Waals surface area contributed by atoms with Crippen molar-refractivity contribution in [3.8, 4) is 74.9 Å². The summed E-state index contributed by atoms with van der Waals surface area (Å²) in [6.45, 7) is 15.8. The minimum Gasteiger partial charge on any atom is -0.495 e. The molecule has 2 N–H and O–H groups in total. The highest BCUT2D eigenvalue weighted by Crippen LogP contribution is 2.36. The van der Waals surface area contributed by atoms with Crippen molar-refractivity contribution in [2.45, 2.75) is 67.9 Å². The summed E-state index contributed by atoms with van der Waals surface area (Å²) < 4.78 is 27.9. The lowest BCUT2D eigenvalue weighted by molar-refractivity contribution is -0.124. The Kier molecular flexibility index (Phi) is 19.6. The van der Waals surface area contributed by atoms with E-state index in [9.17, 15) is 29.7 Å². The van der Waals surface area contributed by atoms with Crippen LogP contribution in [0.1, 0.15) is 74.0 Å². The SMILES string of the molecule is COCC(=N)c1nc(-c2ccc(C)cc2)nc2c1n(C)c(=O)n2-c1ccccc1C.COc1ccccc1-n1c(N(C(C)=O)C(C)=O)nc2c(C#N)nc(-c3ccc(C)cc3)nc21.COc1ccccc1-n1c(NC(=O)OC(C)(C)C)nc2c(C#N)nc(-c3ccc(C)cc3)nc21. The summed E-state index contributed by atoms with van der Waals surface area (Å²) in [4.78, 5) is 88.2. The van der Waals surface area contributed by atoms with Crippen LogP contribution in [-0.4, -0.2) is 115 Å². The van der Waals surface area contributed by atoms with Crippen LogP contribution >= 0.6 is 0 Å². The van der Waals surface area contributed by atoms with Gasteiger partial charge in [0.1, 0.15) is 51.5 Å². The minimum absolute atomic E-state index is 0.00126. The molecule has 6 aromatic heterocycles. The number of rotatable bonds is 13. The van der Waals surface area contributed by atoms with Gasteiger partial charge < -0.3 is 24.4 Å². The number of aromatic nitrogens is 12. The Morgan fingerprint density at radius 2 is 0.990 bits per heavy atom. The van der Waals surface area contributed by atoms with E-state index in [1.54, 1.807) is 80.5 Å². The third kappa shape index (κ3) is 14.0. The molecule has 0 unspecified atom stereocenters. The maximum Gasteiger partial charge on any atom is 0.414 e. The van der Waals surface area contributed by atoms with Gasteiger partial charge in [-0.05, 0) is 84.4 Å². The smallest absolute Gasteiger partial charge is 0.414 e. The van der Waals surface area contributed by atoms with E-state index in [-0.39, 0.29) is 58.0 Å². The molecule has 0 saturated carbocycles. The van der Waals surface area contributed by atoms with Crippen molar-refractivity contribution < 1.29 is 33.3 Å². The topological polar surface area (TPSA) is 315 Å². The second-order valence-electron chi connectivity index (χ2n) is 23.3. The predicted molar refractivity (Wildman–Crippen MR) is 368 cm³/mol.